The molecule has 0 bridgehead atoms. The summed E-state index contributed by atoms with van der Waals surface area (Å²) in [7, 11) is 0. The van der Waals surface area contributed by atoms with Crippen molar-refractivity contribution in [3.05, 3.63) is 0 Å². The Morgan fingerprint density at radius 3 is 2.19 bits per heavy atom. The predicted octanol–water partition coefficient (Wildman–Crippen LogP) is 1.05. The third-order valence-corrected chi connectivity index (χ3v) is 3.27. The van der Waals surface area contributed by atoms with Gasteiger partial charge in [-0.05, 0) is 39.9 Å². The van der Waals surface area contributed by atoms with E-state index in [2.05, 4.69) is 29.4 Å². The van der Waals surface area contributed by atoms with Crippen LogP contribution in [-0.4, -0.2) is 54.1 Å². The predicted molar refractivity (Wildman–Crippen MR) is 80.0 cm³/mol. The van der Waals surface area contributed by atoms with Crippen molar-refractivity contribution in [3.8, 4) is 0 Å². The number of nitrogens with one attached hydrogen (secondary N) is 2. The van der Waals surface area contributed by atoms with Gasteiger partial charge in [-0.25, -0.2) is 4.79 Å². The third kappa shape index (κ3) is 8.29. The molecule has 0 aromatic heterocycles. The highest BCUT2D eigenvalue weighted by molar-refractivity contribution is 5.96. The lowest BCUT2D eigenvalue weighted by atomic mass is 9.89. The molecule has 0 aliphatic carbocycles. The SMILES string of the molecule is CCN(CC)CCCNC(=O)NC(=O)CC(C)(C)C(=O)O. The zero-order valence-corrected chi connectivity index (χ0v) is 13.4. The van der Waals surface area contributed by atoms with Crippen LogP contribution in [-0.2, 0) is 9.59 Å². The molecule has 3 N–H and O–H groups in total. The van der Waals surface area contributed by atoms with E-state index in [1.807, 2.05) is 0 Å². The minimum Gasteiger partial charge on any atom is -0.481 e. The first-order valence-electron chi connectivity index (χ1n) is 7.26. The van der Waals surface area contributed by atoms with Crippen molar-refractivity contribution in [1.29, 1.82) is 0 Å². The molecule has 0 aromatic carbocycles. The van der Waals surface area contributed by atoms with E-state index in [0.29, 0.717) is 6.54 Å². The van der Waals surface area contributed by atoms with Crippen molar-refractivity contribution >= 4 is 17.9 Å². The van der Waals surface area contributed by atoms with Gasteiger partial charge in [0.1, 0.15) is 0 Å². The molecule has 0 atom stereocenters. The number of carboxylic acids is 1. The van der Waals surface area contributed by atoms with E-state index in [-0.39, 0.29) is 6.42 Å². The number of hydrogen-bond donors (Lipinski definition) is 3. The minimum absolute atomic E-state index is 0.241. The van der Waals surface area contributed by atoms with Gasteiger partial charge in [-0.3, -0.25) is 14.9 Å². The van der Waals surface area contributed by atoms with Gasteiger partial charge in [0, 0.05) is 13.0 Å². The smallest absolute Gasteiger partial charge is 0.321 e. The normalized spacial score (nSPS) is 11.3. The van der Waals surface area contributed by atoms with Crippen LogP contribution in [0.25, 0.3) is 0 Å². The van der Waals surface area contributed by atoms with E-state index in [9.17, 15) is 14.4 Å². The Bertz CT molecular complexity index is 365. The summed E-state index contributed by atoms with van der Waals surface area (Å²) in [5.74, 6) is -1.67. The molecular formula is C14H27N3O4. The van der Waals surface area contributed by atoms with Crippen molar-refractivity contribution in [2.45, 2.75) is 40.5 Å². The summed E-state index contributed by atoms with van der Waals surface area (Å²) in [5.41, 5.74) is -1.19. The Labute approximate surface area is 126 Å². The Morgan fingerprint density at radius 1 is 1.14 bits per heavy atom. The molecule has 0 aliphatic rings. The first-order valence-corrected chi connectivity index (χ1v) is 7.26. The number of urea groups is 1. The Kier molecular flexibility index (Phi) is 8.61. The van der Waals surface area contributed by atoms with Crippen molar-refractivity contribution in [2.24, 2.45) is 5.41 Å². The van der Waals surface area contributed by atoms with Crippen molar-refractivity contribution in [1.82, 2.24) is 15.5 Å². The van der Waals surface area contributed by atoms with E-state index in [4.69, 9.17) is 5.11 Å². The van der Waals surface area contributed by atoms with E-state index in [0.717, 1.165) is 26.1 Å². The standard InChI is InChI=1S/C14H27N3O4/c1-5-17(6-2)9-7-8-15-13(21)16-11(18)10-14(3,4)12(19)20/h5-10H2,1-4H3,(H,19,20)(H2,15,16,18,21). The van der Waals surface area contributed by atoms with Gasteiger partial charge in [-0.15, -0.1) is 0 Å². The van der Waals surface area contributed by atoms with Crippen molar-refractivity contribution < 1.29 is 19.5 Å². The van der Waals surface area contributed by atoms with Gasteiger partial charge in [-0.1, -0.05) is 13.8 Å². The number of carboxylic acid groups (broad SMARTS) is 1. The second kappa shape index (κ2) is 9.33. The van der Waals surface area contributed by atoms with Crippen LogP contribution in [0.1, 0.15) is 40.5 Å². The molecule has 7 nitrogen and oxygen atoms in total. The van der Waals surface area contributed by atoms with Crippen LogP contribution in [0.5, 0.6) is 0 Å². The van der Waals surface area contributed by atoms with Gasteiger partial charge in [0.15, 0.2) is 0 Å². The Balaban J connectivity index is 3.94. The molecule has 0 radical (unpaired) electrons. The van der Waals surface area contributed by atoms with Crippen LogP contribution in [0.4, 0.5) is 4.79 Å². The zero-order valence-electron chi connectivity index (χ0n) is 13.4. The number of amides is 3. The molecule has 7 heteroatoms. The molecule has 0 saturated carbocycles. The molecule has 0 aliphatic heterocycles. The van der Waals surface area contributed by atoms with Gasteiger partial charge in [0.2, 0.25) is 5.91 Å². The summed E-state index contributed by atoms with van der Waals surface area (Å²) in [6, 6.07) is -0.583. The fourth-order valence-corrected chi connectivity index (χ4v) is 1.74. The summed E-state index contributed by atoms with van der Waals surface area (Å²) in [6.45, 7) is 10.3. The molecular weight excluding hydrogens is 274 g/mol. The van der Waals surface area contributed by atoms with Crippen LogP contribution in [0.2, 0.25) is 0 Å². The summed E-state index contributed by atoms with van der Waals surface area (Å²) in [4.78, 5) is 36.2. The van der Waals surface area contributed by atoms with Gasteiger partial charge < -0.3 is 15.3 Å². The van der Waals surface area contributed by atoms with Crippen molar-refractivity contribution in [2.75, 3.05) is 26.2 Å². The van der Waals surface area contributed by atoms with Crippen molar-refractivity contribution in [3.63, 3.8) is 0 Å². The lowest BCUT2D eigenvalue weighted by molar-refractivity contribution is -0.149. The monoisotopic (exact) mass is 301 g/mol. The maximum Gasteiger partial charge on any atom is 0.321 e. The third-order valence-electron chi connectivity index (χ3n) is 3.27. The number of hydrogen-bond acceptors (Lipinski definition) is 4. The maximum atomic E-state index is 11.6. The molecule has 122 valence electrons. The highest BCUT2D eigenvalue weighted by Crippen LogP contribution is 2.19. The lowest BCUT2D eigenvalue weighted by Crippen LogP contribution is -2.42. The fraction of sp³-hybridized carbons (Fsp3) is 0.786. The van der Waals surface area contributed by atoms with E-state index in [1.54, 1.807) is 0 Å². The second-order valence-electron chi connectivity index (χ2n) is 5.55. The molecule has 0 fully saturated rings. The molecule has 0 heterocycles. The van der Waals surface area contributed by atoms with Crippen LogP contribution in [0.3, 0.4) is 0 Å². The van der Waals surface area contributed by atoms with Crippen LogP contribution >= 0.6 is 0 Å². The van der Waals surface area contributed by atoms with Crippen LogP contribution < -0.4 is 10.6 Å². The van der Waals surface area contributed by atoms with Gasteiger partial charge in [0.25, 0.3) is 0 Å². The zero-order chi connectivity index (χ0) is 16.5. The minimum atomic E-state index is -1.19. The second-order valence-corrected chi connectivity index (χ2v) is 5.55. The highest BCUT2D eigenvalue weighted by atomic mass is 16.4. The molecule has 3 amide bonds. The highest BCUT2D eigenvalue weighted by Gasteiger charge is 2.30. The average Bonchev–Trinajstić information content (AvgIpc) is 2.37. The topological polar surface area (TPSA) is 98.7 Å². The maximum absolute atomic E-state index is 11.6. The molecule has 0 spiro atoms. The van der Waals surface area contributed by atoms with E-state index in [1.165, 1.54) is 13.8 Å². The lowest BCUT2D eigenvalue weighted by Gasteiger charge is -2.18. The van der Waals surface area contributed by atoms with E-state index < -0.39 is 23.3 Å². The first-order chi connectivity index (χ1) is 9.72. The summed E-state index contributed by atoms with van der Waals surface area (Å²) < 4.78 is 0. The number of nitrogens with zero attached hydrogens (tertiary/aromatic N) is 1. The molecule has 21 heavy (non-hydrogen) atoms. The Hall–Kier alpha value is -1.63. The summed E-state index contributed by atoms with van der Waals surface area (Å²) in [6.07, 6.45) is 0.555. The number of carbonyl (C=O) groups excluding carboxylic acids is 2. The molecule has 0 saturated heterocycles. The first kappa shape index (κ1) is 19.4. The van der Waals surface area contributed by atoms with Gasteiger partial charge in [-0.2, -0.15) is 0 Å². The summed E-state index contributed by atoms with van der Waals surface area (Å²) >= 11 is 0. The molecule has 0 aromatic rings. The quantitative estimate of drug-likeness (QED) is 0.553. The number of imide groups is 1. The van der Waals surface area contributed by atoms with E-state index >= 15 is 0 Å². The number of rotatable bonds is 9. The van der Waals surface area contributed by atoms with Crippen LogP contribution in [0, 0.1) is 5.41 Å². The van der Waals surface area contributed by atoms with Crippen LogP contribution in [0.15, 0.2) is 0 Å². The average molecular weight is 301 g/mol. The number of carbonyl (C=O) groups is 3. The van der Waals surface area contributed by atoms with Gasteiger partial charge in [0.05, 0.1) is 5.41 Å². The largest absolute Gasteiger partial charge is 0.481 e. The Morgan fingerprint density at radius 2 is 1.71 bits per heavy atom. The number of aliphatic carboxylic acids is 1. The van der Waals surface area contributed by atoms with Gasteiger partial charge >= 0.3 is 12.0 Å². The molecule has 0 unspecified atom stereocenters. The molecule has 0 rings (SSSR count). The summed E-state index contributed by atoms with van der Waals surface area (Å²) in [5, 5.41) is 13.6. The fourth-order valence-electron chi connectivity index (χ4n) is 1.74.